The molecule has 0 aliphatic carbocycles. The summed E-state index contributed by atoms with van der Waals surface area (Å²) < 4.78 is 1.91. The first-order chi connectivity index (χ1) is 10.3. The number of nitrogen functional groups attached to an aromatic ring is 1. The predicted octanol–water partition coefficient (Wildman–Crippen LogP) is 1.16. The SMILES string of the molecule is CC(CNc1nc(NN)cn2ccnc12)CN1CCCC1. The monoisotopic (exact) mass is 289 g/mol. The van der Waals surface area contributed by atoms with Gasteiger partial charge in [-0.15, -0.1) is 0 Å². The van der Waals surface area contributed by atoms with Gasteiger partial charge in [0.1, 0.15) is 0 Å². The Labute approximate surface area is 124 Å². The van der Waals surface area contributed by atoms with Crippen molar-refractivity contribution in [3.8, 4) is 0 Å². The summed E-state index contributed by atoms with van der Waals surface area (Å²) in [5.74, 6) is 7.41. The van der Waals surface area contributed by atoms with E-state index < -0.39 is 0 Å². The number of hydrazine groups is 1. The van der Waals surface area contributed by atoms with Crippen LogP contribution in [0.4, 0.5) is 11.6 Å². The normalized spacial score (nSPS) is 17.2. The van der Waals surface area contributed by atoms with Gasteiger partial charge in [-0.3, -0.25) is 0 Å². The van der Waals surface area contributed by atoms with Crippen LogP contribution in [-0.4, -0.2) is 45.4 Å². The molecule has 1 aliphatic heterocycles. The van der Waals surface area contributed by atoms with E-state index in [1.165, 1.54) is 25.9 Å². The number of rotatable bonds is 6. The van der Waals surface area contributed by atoms with E-state index in [1.54, 1.807) is 6.20 Å². The van der Waals surface area contributed by atoms with Crippen LogP contribution >= 0.6 is 0 Å². The van der Waals surface area contributed by atoms with Crippen molar-refractivity contribution < 1.29 is 0 Å². The van der Waals surface area contributed by atoms with E-state index in [4.69, 9.17) is 5.84 Å². The molecule has 114 valence electrons. The van der Waals surface area contributed by atoms with E-state index in [-0.39, 0.29) is 0 Å². The molecule has 1 fully saturated rings. The minimum atomic E-state index is 0.564. The number of hydrogen-bond donors (Lipinski definition) is 3. The van der Waals surface area contributed by atoms with E-state index in [9.17, 15) is 0 Å². The van der Waals surface area contributed by atoms with Crippen molar-refractivity contribution in [2.45, 2.75) is 19.8 Å². The molecular formula is C14H23N7. The Morgan fingerprint density at radius 3 is 2.95 bits per heavy atom. The fraction of sp³-hybridized carbons (Fsp3) is 0.571. The first-order valence-corrected chi connectivity index (χ1v) is 7.53. The third kappa shape index (κ3) is 3.25. The Morgan fingerprint density at radius 2 is 2.19 bits per heavy atom. The van der Waals surface area contributed by atoms with Gasteiger partial charge in [-0.2, -0.15) is 0 Å². The first-order valence-electron chi connectivity index (χ1n) is 7.53. The Kier molecular flexibility index (Phi) is 4.21. The van der Waals surface area contributed by atoms with Crippen molar-refractivity contribution in [1.82, 2.24) is 19.3 Å². The lowest BCUT2D eigenvalue weighted by molar-refractivity contribution is 0.294. The molecule has 7 nitrogen and oxygen atoms in total. The van der Waals surface area contributed by atoms with E-state index in [0.717, 1.165) is 24.6 Å². The first kappa shape index (κ1) is 14.1. The topological polar surface area (TPSA) is 83.5 Å². The lowest BCUT2D eigenvalue weighted by Gasteiger charge is -2.20. The quantitative estimate of drug-likeness (QED) is 0.547. The number of fused-ring (bicyclic) bond motifs is 1. The third-order valence-electron chi connectivity index (χ3n) is 3.91. The van der Waals surface area contributed by atoms with Gasteiger partial charge in [0, 0.05) is 25.5 Å². The molecule has 2 aromatic heterocycles. The van der Waals surface area contributed by atoms with E-state index in [1.807, 2.05) is 16.8 Å². The average Bonchev–Trinajstić information content (AvgIpc) is 3.15. The van der Waals surface area contributed by atoms with Crippen molar-refractivity contribution in [3.05, 3.63) is 18.6 Å². The molecule has 1 saturated heterocycles. The highest BCUT2D eigenvalue weighted by Crippen LogP contribution is 2.17. The van der Waals surface area contributed by atoms with Gasteiger partial charge in [0.15, 0.2) is 17.3 Å². The van der Waals surface area contributed by atoms with Crippen LogP contribution in [0.25, 0.3) is 5.65 Å². The number of nitrogens with two attached hydrogens (primary N) is 1. The maximum absolute atomic E-state index is 5.46. The third-order valence-corrected chi connectivity index (χ3v) is 3.91. The molecule has 1 aliphatic rings. The summed E-state index contributed by atoms with van der Waals surface area (Å²) in [4.78, 5) is 11.3. The summed E-state index contributed by atoms with van der Waals surface area (Å²) in [6.07, 6.45) is 8.13. The summed E-state index contributed by atoms with van der Waals surface area (Å²) >= 11 is 0. The molecule has 0 spiro atoms. The predicted molar refractivity (Wildman–Crippen MR) is 84.1 cm³/mol. The second-order valence-electron chi connectivity index (χ2n) is 5.77. The van der Waals surface area contributed by atoms with Crippen LogP contribution in [0.3, 0.4) is 0 Å². The molecule has 4 N–H and O–H groups in total. The Hall–Kier alpha value is -1.86. The fourth-order valence-electron chi connectivity index (χ4n) is 2.86. The molecular weight excluding hydrogens is 266 g/mol. The second-order valence-corrected chi connectivity index (χ2v) is 5.77. The summed E-state index contributed by atoms with van der Waals surface area (Å²) in [6, 6.07) is 0. The van der Waals surface area contributed by atoms with Crippen LogP contribution < -0.4 is 16.6 Å². The number of imidazole rings is 1. The zero-order chi connectivity index (χ0) is 14.7. The number of nitrogens with one attached hydrogen (secondary N) is 2. The molecule has 3 rings (SSSR count). The molecule has 0 aromatic carbocycles. The minimum Gasteiger partial charge on any atom is -0.367 e. The number of anilines is 2. The van der Waals surface area contributed by atoms with E-state index in [0.29, 0.717) is 11.7 Å². The largest absolute Gasteiger partial charge is 0.367 e. The van der Waals surface area contributed by atoms with Crippen molar-refractivity contribution in [1.29, 1.82) is 0 Å². The molecule has 7 heteroatoms. The Balaban J connectivity index is 1.65. The van der Waals surface area contributed by atoms with Gasteiger partial charge >= 0.3 is 0 Å². The highest BCUT2D eigenvalue weighted by Gasteiger charge is 2.15. The molecule has 3 heterocycles. The Morgan fingerprint density at radius 1 is 1.38 bits per heavy atom. The number of likely N-dealkylation sites (tertiary alicyclic amines) is 1. The van der Waals surface area contributed by atoms with Crippen molar-refractivity contribution >= 4 is 17.3 Å². The van der Waals surface area contributed by atoms with Gasteiger partial charge in [-0.05, 0) is 31.8 Å². The molecule has 2 aromatic rings. The van der Waals surface area contributed by atoms with Crippen molar-refractivity contribution in [3.63, 3.8) is 0 Å². The Bertz CT molecular complexity index is 588. The summed E-state index contributed by atoms with van der Waals surface area (Å²) in [5, 5.41) is 3.41. The molecule has 0 saturated carbocycles. The highest BCUT2D eigenvalue weighted by molar-refractivity contribution is 5.65. The number of aromatic nitrogens is 3. The van der Waals surface area contributed by atoms with Crippen LogP contribution in [0.2, 0.25) is 0 Å². The molecule has 0 radical (unpaired) electrons. The van der Waals surface area contributed by atoms with Crippen molar-refractivity contribution in [2.75, 3.05) is 36.9 Å². The maximum atomic E-state index is 5.46. The molecule has 0 amide bonds. The average molecular weight is 289 g/mol. The maximum Gasteiger partial charge on any atom is 0.180 e. The lowest BCUT2D eigenvalue weighted by atomic mass is 10.1. The van der Waals surface area contributed by atoms with Gasteiger partial charge < -0.3 is 20.0 Å². The summed E-state index contributed by atoms with van der Waals surface area (Å²) in [6.45, 7) is 6.74. The lowest BCUT2D eigenvalue weighted by Crippen LogP contribution is -2.29. The van der Waals surface area contributed by atoms with Gasteiger partial charge in [0.2, 0.25) is 0 Å². The van der Waals surface area contributed by atoms with E-state index in [2.05, 4.69) is 32.5 Å². The summed E-state index contributed by atoms with van der Waals surface area (Å²) in [7, 11) is 0. The number of nitrogens with zero attached hydrogens (tertiary/aromatic N) is 4. The summed E-state index contributed by atoms with van der Waals surface area (Å²) in [5.41, 5.74) is 3.41. The highest BCUT2D eigenvalue weighted by atomic mass is 15.3. The molecule has 21 heavy (non-hydrogen) atoms. The van der Waals surface area contributed by atoms with Gasteiger partial charge in [0.05, 0.1) is 6.20 Å². The van der Waals surface area contributed by atoms with Gasteiger partial charge in [-0.1, -0.05) is 6.92 Å². The zero-order valence-corrected chi connectivity index (χ0v) is 12.4. The van der Waals surface area contributed by atoms with Crippen LogP contribution in [0.1, 0.15) is 19.8 Å². The van der Waals surface area contributed by atoms with Crippen molar-refractivity contribution in [2.24, 2.45) is 11.8 Å². The van der Waals surface area contributed by atoms with Crippen LogP contribution in [0.15, 0.2) is 18.6 Å². The second kappa shape index (κ2) is 6.28. The molecule has 0 bridgehead atoms. The fourth-order valence-corrected chi connectivity index (χ4v) is 2.86. The number of hydrogen-bond acceptors (Lipinski definition) is 6. The van der Waals surface area contributed by atoms with E-state index >= 15 is 0 Å². The van der Waals surface area contributed by atoms with Gasteiger partial charge in [0.25, 0.3) is 0 Å². The smallest absolute Gasteiger partial charge is 0.180 e. The zero-order valence-electron chi connectivity index (χ0n) is 12.4. The van der Waals surface area contributed by atoms with Crippen LogP contribution in [0, 0.1) is 5.92 Å². The van der Waals surface area contributed by atoms with Crippen LogP contribution in [0.5, 0.6) is 0 Å². The van der Waals surface area contributed by atoms with Crippen LogP contribution in [-0.2, 0) is 0 Å². The molecule has 1 unspecified atom stereocenters. The standard InChI is InChI=1S/C14H23N7/c1-11(9-20-5-2-3-6-20)8-17-13-14-16-4-7-21(14)10-12(18-13)19-15/h4,7,10-11,19H,2-3,5-6,8-9,15H2,1H3,(H,17,18). The minimum absolute atomic E-state index is 0.564. The van der Waals surface area contributed by atoms with Gasteiger partial charge in [-0.25, -0.2) is 15.8 Å². The molecule has 1 atom stereocenters.